The Morgan fingerprint density at radius 2 is 1.88 bits per heavy atom. The molecule has 0 atom stereocenters. The molecule has 9 heteroatoms. The number of H-pyrrole nitrogens is 1. The number of aromatic nitrogens is 1. The lowest BCUT2D eigenvalue weighted by atomic mass is 10.1. The third kappa shape index (κ3) is 3.80. The fraction of sp³-hybridized carbons (Fsp3) is 0.120. The second-order valence-corrected chi connectivity index (χ2v) is 9.59. The van der Waals surface area contributed by atoms with Crippen molar-refractivity contribution in [2.45, 2.75) is 11.3 Å². The zero-order valence-electron chi connectivity index (χ0n) is 18.2. The number of nitrogens with one attached hydrogen (secondary N) is 2. The number of rotatable bonds is 5. The van der Waals surface area contributed by atoms with Crippen LogP contribution in [0.2, 0.25) is 0 Å². The Balaban J connectivity index is 1.51. The molecule has 1 aliphatic heterocycles. The van der Waals surface area contributed by atoms with E-state index in [0.29, 0.717) is 29.9 Å². The monoisotopic (exact) mass is 475 g/mol. The molecule has 0 bridgehead atoms. The van der Waals surface area contributed by atoms with Crippen LogP contribution in [0.25, 0.3) is 10.9 Å². The first kappa shape index (κ1) is 21.7. The molecule has 5 rings (SSSR count). The average Bonchev–Trinajstić information content (AvgIpc) is 3.28. The predicted octanol–water partition coefficient (Wildman–Crippen LogP) is 3.54. The van der Waals surface area contributed by atoms with Crippen LogP contribution < -0.4 is 19.8 Å². The molecule has 0 radical (unpaired) electrons. The minimum atomic E-state index is -3.99. The van der Waals surface area contributed by atoms with Crippen molar-refractivity contribution >= 4 is 38.2 Å². The van der Waals surface area contributed by atoms with Crippen molar-refractivity contribution in [3.8, 4) is 5.75 Å². The first-order valence-corrected chi connectivity index (χ1v) is 12.1. The highest BCUT2D eigenvalue weighted by molar-refractivity contribution is 7.92. The Hall–Kier alpha value is -4.11. The minimum absolute atomic E-state index is 0.0421. The molecule has 172 valence electrons. The van der Waals surface area contributed by atoms with E-state index in [1.165, 1.54) is 31.5 Å². The van der Waals surface area contributed by atoms with Crippen LogP contribution in [-0.2, 0) is 16.4 Å². The predicted molar refractivity (Wildman–Crippen MR) is 130 cm³/mol. The van der Waals surface area contributed by atoms with Crippen molar-refractivity contribution in [1.82, 2.24) is 4.98 Å². The van der Waals surface area contributed by atoms with E-state index in [-0.39, 0.29) is 15.8 Å². The number of amides is 1. The second kappa shape index (κ2) is 8.35. The van der Waals surface area contributed by atoms with Crippen LogP contribution in [-0.4, -0.2) is 33.0 Å². The number of anilines is 2. The van der Waals surface area contributed by atoms with Gasteiger partial charge in [-0.2, -0.15) is 0 Å². The van der Waals surface area contributed by atoms with Crippen molar-refractivity contribution in [3.05, 3.63) is 94.3 Å². The average molecular weight is 476 g/mol. The quantitative estimate of drug-likeness (QED) is 0.459. The molecule has 0 unspecified atom stereocenters. The molecule has 2 N–H and O–H groups in total. The van der Waals surface area contributed by atoms with Gasteiger partial charge in [-0.25, -0.2) is 8.42 Å². The fourth-order valence-electron chi connectivity index (χ4n) is 4.12. The third-order valence-corrected chi connectivity index (χ3v) is 7.23. The highest BCUT2D eigenvalue weighted by Crippen LogP contribution is 2.29. The molecule has 34 heavy (non-hydrogen) atoms. The summed E-state index contributed by atoms with van der Waals surface area (Å²) in [7, 11) is -2.50. The molecule has 0 saturated heterocycles. The van der Waals surface area contributed by atoms with Gasteiger partial charge in [-0.3, -0.25) is 14.3 Å². The zero-order chi connectivity index (χ0) is 23.9. The number of ether oxygens (including phenoxy) is 1. The molecule has 0 aliphatic carbocycles. The molecule has 8 nitrogen and oxygen atoms in total. The summed E-state index contributed by atoms with van der Waals surface area (Å²) in [5, 5.41) is 0.117. The molecule has 3 aromatic carbocycles. The lowest BCUT2D eigenvalue weighted by Crippen LogP contribution is -2.33. The Morgan fingerprint density at radius 3 is 2.71 bits per heavy atom. The number of pyridine rings is 1. The van der Waals surface area contributed by atoms with Gasteiger partial charge in [0.25, 0.3) is 15.9 Å². The summed E-state index contributed by atoms with van der Waals surface area (Å²) < 4.78 is 33.6. The Kier molecular flexibility index (Phi) is 5.33. The van der Waals surface area contributed by atoms with E-state index in [2.05, 4.69) is 9.71 Å². The van der Waals surface area contributed by atoms with E-state index in [1.807, 2.05) is 24.3 Å². The van der Waals surface area contributed by atoms with E-state index in [0.717, 1.165) is 11.3 Å². The molecule has 0 fully saturated rings. The summed E-state index contributed by atoms with van der Waals surface area (Å²) >= 11 is 0. The van der Waals surface area contributed by atoms with E-state index in [4.69, 9.17) is 4.74 Å². The number of hydrogen-bond acceptors (Lipinski definition) is 5. The van der Waals surface area contributed by atoms with Crippen molar-refractivity contribution in [3.63, 3.8) is 0 Å². The van der Waals surface area contributed by atoms with E-state index in [9.17, 15) is 18.0 Å². The number of methoxy groups -OCH3 is 1. The van der Waals surface area contributed by atoms with Crippen LogP contribution in [0, 0.1) is 0 Å². The summed E-state index contributed by atoms with van der Waals surface area (Å²) in [6.45, 7) is 0.481. The number of sulfonamides is 1. The molecule has 0 saturated carbocycles. The van der Waals surface area contributed by atoms with Crippen LogP contribution >= 0.6 is 0 Å². The summed E-state index contributed by atoms with van der Waals surface area (Å²) in [5.74, 6) is 0.0812. The molecular formula is C25H21N3O5S. The maximum atomic E-state index is 13.3. The lowest BCUT2D eigenvalue weighted by Gasteiger charge is -2.17. The Labute approximate surface area is 195 Å². The summed E-state index contributed by atoms with van der Waals surface area (Å²) in [5.41, 5.74) is 2.02. The van der Waals surface area contributed by atoms with Crippen LogP contribution in [0.4, 0.5) is 11.4 Å². The first-order valence-electron chi connectivity index (χ1n) is 10.6. The van der Waals surface area contributed by atoms with Crippen LogP contribution in [0.5, 0.6) is 5.75 Å². The van der Waals surface area contributed by atoms with Gasteiger partial charge >= 0.3 is 0 Å². The van der Waals surface area contributed by atoms with Crippen molar-refractivity contribution in [1.29, 1.82) is 0 Å². The second-order valence-electron chi connectivity index (χ2n) is 7.91. The number of nitrogens with zero attached hydrogens (tertiary/aromatic N) is 1. The standard InChI is InChI=1S/C25H21N3O5S/c1-33-18-7-4-6-17(13-18)27-34(31,32)19-9-10-22-20(14-19)24(29)21(15-26-22)25(30)28-12-11-16-5-2-3-8-23(16)28/h2-10,13-15,27H,11-12H2,1H3,(H,26,29). The third-order valence-electron chi connectivity index (χ3n) is 5.85. The van der Waals surface area contributed by atoms with Gasteiger partial charge in [-0.1, -0.05) is 24.3 Å². The number of para-hydroxylation sites is 1. The van der Waals surface area contributed by atoms with Gasteiger partial charge in [0.05, 0.1) is 17.7 Å². The van der Waals surface area contributed by atoms with Crippen molar-refractivity contribution in [2.24, 2.45) is 0 Å². The number of hydrogen-bond donors (Lipinski definition) is 2. The van der Waals surface area contributed by atoms with Gasteiger partial charge < -0.3 is 14.6 Å². The van der Waals surface area contributed by atoms with Crippen molar-refractivity contribution in [2.75, 3.05) is 23.3 Å². The highest BCUT2D eigenvalue weighted by Gasteiger charge is 2.27. The lowest BCUT2D eigenvalue weighted by molar-refractivity contribution is 0.0988. The molecule has 1 aliphatic rings. The van der Waals surface area contributed by atoms with Crippen LogP contribution in [0.3, 0.4) is 0 Å². The molecule has 4 aromatic rings. The molecular weight excluding hydrogens is 454 g/mol. The first-order chi connectivity index (χ1) is 16.4. The highest BCUT2D eigenvalue weighted by atomic mass is 32.2. The normalized spacial score (nSPS) is 13.0. The van der Waals surface area contributed by atoms with Gasteiger partial charge in [-0.15, -0.1) is 0 Å². The zero-order valence-corrected chi connectivity index (χ0v) is 19.1. The van der Waals surface area contributed by atoms with E-state index < -0.39 is 21.4 Å². The maximum absolute atomic E-state index is 13.3. The van der Waals surface area contributed by atoms with E-state index in [1.54, 1.807) is 29.2 Å². The number of aromatic amines is 1. The topological polar surface area (TPSA) is 109 Å². The Bertz CT molecular complexity index is 1590. The Morgan fingerprint density at radius 1 is 1.06 bits per heavy atom. The largest absolute Gasteiger partial charge is 0.497 e. The van der Waals surface area contributed by atoms with Crippen LogP contribution in [0.1, 0.15) is 15.9 Å². The van der Waals surface area contributed by atoms with E-state index >= 15 is 0 Å². The molecule has 0 spiro atoms. The number of fused-ring (bicyclic) bond motifs is 2. The van der Waals surface area contributed by atoms with Gasteiger partial charge in [0.15, 0.2) is 0 Å². The fourth-order valence-corrected chi connectivity index (χ4v) is 5.19. The number of carbonyl (C=O) groups is 1. The minimum Gasteiger partial charge on any atom is -0.497 e. The summed E-state index contributed by atoms with van der Waals surface area (Å²) in [6, 6.07) is 18.3. The molecule has 1 amide bonds. The van der Waals surface area contributed by atoms with Crippen LogP contribution in [0.15, 0.2) is 82.6 Å². The van der Waals surface area contributed by atoms with Gasteiger partial charge in [-0.05, 0) is 48.4 Å². The van der Waals surface area contributed by atoms with Gasteiger partial charge in [0.2, 0.25) is 5.43 Å². The smallest absolute Gasteiger partial charge is 0.263 e. The summed E-state index contributed by atoms with van der Waals surface area (Å²) in [6.07, 6.45) is 2.10. The number of carbonyl (C=O) groups excluding carboxylic acids is 1. The van der Waals surface area contributed by atoms with Gasteiger partial charge in [0, 0.05) is 35.4 Å². The van der Waals surface area contributed by atoms with Crippen molar-refractivity contribution < 1.29 is 17.9 Å². The maximum Gasteiger partial charge on any atom is 0.263 e. The number of benzene rings is 3. The SMILES string of the molecule is COc1cccc(NS(=O)(=O)c2ccc3[nH]cc(C(=O)N4CCc5ccccc54)c(=O)c3c2)c1. The summed E-state index contributed by atoms with van der Waals surface area (Å²) in [4.78, 5) is 30.9. The van der Waals surface area contributed by atoms with Gasteiger partial charge in [0.1, 0.15) is 11.3 Å². The molecule has 1 aromatic heterocycles. The molecule has 2 heterocycles.